The minimum atomic E-state index is -0.440. The number of hydrogen-bond acceptors (Lipinski definition) is 4. The van der Waals surface area contributed by atoms with Crippen molar-refractivity contribution in [2.75, 3.05) is 15.5 Å². The summed E-state index contributed by atoms with van der Waals surface area (Å²) in [6, 6.07) is 19.3. The van der Waals surface area contributed by atoms with Crippen molar-refractivity contribution in [2.24, 2.45) is 0 Å². The zero-order chi connectivity index (χ0) is 23.7. The van der Waals surface area contributed by atoms with Crippen molar-refractivity contribution in [3.05, 3.63) is 94.1 Å². The van der Waals surface area contributed by atoms with E-state index in [2.05, 4.69) is 10.6 Å². The summed E-state index contributed by atoms with van der Waals surface area (Å²) in [4.78, 5) is 39.7. The molecule has 4 rings (SSSR count). The lowest BCUT2D eigenvalue weighted by Crippen LogP contribution is -2.33. The second kappa shape index (κ2) is 8.92. The summed E-state index contributed by atoms with van der Waals surface area (Å²) in [5, 5.41) is 6.45. The van der Waals surface area contributed by atoms with Crippen LogP contribution >= 0.6 is 11.6 Å². The first-order valence-corrected chi connectivity index (χ1v) is 10.7. The van der Waals surface area contributed by atoms with Gasteiger partial charge in [0.25, 0.3) is 11.8 Å². The lowest BCUT2D eigenvalue weighted by atomic mass is 10.0. The summed E-state index contributed by atoms with van der Waals surface area (Å²) in [5.41, 5.74) is 4.45. The number of benzene rings is 3. The Hall–Kier alpha value is -3.90. The van der Waals surface area contributed by atoms with E-state index in [0.29, 0.717) is 27.6 Å². The highest BCUT2D eigenvalue weighted by atomic mass is 35.5. The van der Waals surface area contributed by atoms with Gasteiger partial charge in [-0.1, -0.05) is 41.9 Å². The van der Waals surface area contributed by atoms with Crippen LogP contribution in [-0.4, -0.2) is 17.7 Å². The van der Waals surface area contributed by atoms with E-state index in [1.165, 1.54) is 11.8 Å². The molecule has 33 heavy (non-hydrogen) atoms. The van der Waals surface area contributed by atoms with E-state index in [-0.39, 0.29) is 17.2 Å². The highest BCUT2D eigenvalue weighted by molar-refractivity contribution is 6.46. The quantitative estimate of drug-likeness (QED) is 0.507. The maximum Gasteiger partial charge on any atom is 0.282 e. The Morgan fingerprint density at radius 3 is 2.21 bits per heavy atom. The van der Waals surface area contributed by atoms with Crippen LogP contribution in [0.4, 0.5) is 17.1 Å². The van der Waals surface area contributed by atoms with Crippen molar-refractivity contribution in [1.82, 2.24) is 0 Å². The fourth-order valence-electron chi connectivity index (χ4n) is 3.77. The molecule has 0 aromatic heterocycles. The van der Waals surface area contributed by atoms with Crippen molar-refractivity contribution in [3.8, 4) is 0 Å². The third-order valence-corrected chi connectivity index (χ3v) is 5.62. The molecule has 1 aliphatic rings. The molecule has 0 saturated carbocycles. The monoisotopic (exact) mass is 459 g/mol. The molecule has 3 aromatic carbocycles. The van der Waals surface area contributed by atoms with Crippen LogP contribution in [0.2, 0.25) is 5.02 Å². The SMILES string of the molecule is CC(=O)Nc1ccc(C2=C(Nc3ccc(Cl)cc3C)C(=O)N(c3ccccc3C)C2=O)cc1. The number of nitrogens with one attached hydrogen (secondary N) is 2. The van der Waals surface area contributed by atoms with E-state index in [1.54, 1.807) is 54.6 Å². The van der Waals surface area contributed by atoms with E-state index in [4.69, 9.17) is 11.6 Å². The number of para-hydroxylation sites is 1. The van der Waals surface area contributed by atoms with Crippen molar-refractivity contribution < 1.29 is 14.4 Å². The van der Waals surface area contributed by atoms with Gasteiger partial charge in [-0.25, -0.2) is 4.90 Å². The summed E-state index contributed by atoms with van der Waals surface area (Å²) in [5.74, 6) is -1.05. The number of rotatable bonds is 5. The molecule has 0 unspecified atom stereocenters. The van der Waals surface area contributed by atoms with Gasteiger partial charge in [0.15, 0.2) is 0 Å². The number of carbonyl (C=O) groups is 3. The van der Waals surface area contributed by atoms with Gasteiger partial charge in [0.1, 0.15) is 5.70 Å². The van der Waals surface area contributed by atoms with Crippen molar-refractivity contribution in [1.29, 1.82) is 0 Å². The molecule has 0 spiro atoms. The van der Waals surface area contributed by atoms with Crippen LogP contribution in [0.5, 0.6) is 0 Å². The van der Waals surface area contributed by atoms with Crippen molar-refractivity contribution in [2.45, 2.75) is 20.8 Å². The second-order valence-electron chi connectivity index (χ2n) is 7.82. The molecule has 0 aliphatic carbocycles. The molecule has 6 nitrogen and oxygen atoms in total. The number of amides is 3. The lowest BCUT2D eigenvalue weighted by molar-refractivity contribution is -0.120. The van der Waals surface area contributed by atoms with Crippen molar-refractivity contribution >= 4 is 52.0 Å². The molecule has 166 valence electrons. The van der Waals surface area contributed by atoms with Gasteiger partial charge in [-0.3, -0.25) is 14.4 Å². The Bertz CT molecular complexity index is 1310. The molecule has 0 fully saturated rings. The molecule has 1 heterocycles. The van der Waals surface area contributed by atoms with E-state index in [9.17, 15) is 14.4 Å². The van der Waals surface area contributed by atoms with Gasteiger partial charge >= 0.3 is 0 Å². The standard InChI is InChI=1S/C26H22ClN3O3/c1-15-6-4-5-7-22(15)30-25(32)23(18-8-11-20(12-9-18)28-17(3)31)24(26(30)33)29-21-13-10-19(27)14-16(21)2/h4-14,29H,1-3H3,(H,28,31). The van der Waals surface area contributed by atoms with Crippen LogP contribution in [0.15, 0.2) is 72.4 Å². The summed E-state index contributed by atoms with van der Waals surface area (Å²) < 4.78 is 0. The van der Waals surface area contributed by atoms with Gasteiger partial charge in [0, 0.05) is 23.3 Å². The normalized spacial score (nSPS) is 13.5. The van der Waals surface area contributed by atoms with Gasteiger partial charge in [-0.15, -0.1) is 0 Å². The number of imide groups is 1. The lowest BCUT2D eigenvalue weighted by Gasteiger charge is -2.18. The highest BCUT2D eigenvalue weighted by Gasteiger charge is 2.40. The predicted molar refractivity (Wildman–Crippen MR) is 131 cm³/mol. The smallest absolute Gasteiger partial charge is 0.282 e. The Morgan fingerprint density at radius 2 is 1.58 bits per heavy atom. The summed E-state index contributed by atoms with van der Waals surface area (Å²) in [6.45, 7) is 5.15. The van der Waals surface area contributed by atoms with Crippen LogP contribution in [0.3, 0.4) is 0 Å². The second-order valence-corrected chi connectivity index (χ2v) is 8.26. The zero-order valence-corrected chi connectivity index (χ0v) is 19.2. The van der Waals surface area contributed by atoms with Crippen LogP contribution < -0.4 is 15.5 Å². The first-order chi connectivity index (χ1) is 15.8. The minimum absolute atomic E-state index is 0.181. The van der Waals surface area contributed by atoms with E-state index in [1.807, 2.05) is 26.0 Å². The van der Waals surface area contributed by atoms with Gasteiger partial charge in [-0.2, -0.15) is 0 Å². The summed E-state index contributed by atoms with van der Waals surface area (Å²) in [7, 11) is 0. The van der Waals surface area contributed by atoms with Crippen LogP contribution in [0, 0.1) is 13.8 Å². The third-order valence-electron chi connectivity index (χ3n) is 5.38. The molecule has 0 radical (unpaired) electrons. The maximum absolute atomic E-state index is 13.6. The van der Waals surface area contributed by atoms with Gasteiger partial charge in [0.2, 0.25) is 5.91 Å². The third kappa shape index (κ3) is 4.38. The largest absolute Gasteiger partial charge is 0.350 e. The van der Waals surface area contributed by atoms with Crippen LogP contribution in [-0.2, 0) is 14.4 Å². The molecule has 7 heteroatoms. The minimum Gasteiger partial charge on any atom is -0.350 e. The summed E-state index contributed by atoms with van der Waals surface area (Å²) in [6.07, 6.45) is 0. The van der Waals surface area contributed by atoms with Crippen molar-refractivity contribution in [3.63, 3.8) is 0 Å². The fourth-order valence-corrected chi connectivity index (χ4v) is 4.00. The van der Waals surface area contributed by atoms with E-state index < -0.39 is 11.8 Å². The highest BCUT2D eigenvalue weighted by Crippen LogP contribution is 2.36. The van der Waals surface area contributed by atoms with Crippen LogP contribution in [0.25, 0.3) is 5.57 Å². The number of hydrogen-bond donors (Lipinski definition) is 2. The van der Waals surface area contributed by atoms with Gasteiger partial charge in [-0.05, 0) is 66.9 Å². The average molecular weight is 460 g/mol. The van der Waals surface area contributed by atoms with Crippen LogP contribution in [0.1, 0.15) is 23.6 Å². The molecule has 3 aromatic rings. The number of anilines is 3. The zero-order valence-electron chi connectivity index (χ0n) is 18.4. The molecule has 1 aliphatic heterocycles. The number of carbonyl (C=O) groups excluding carboxylic acids is 3. The number of halogens is 1. The Morgan fingerprint density at radius 1 is 0.879 bits per heavy atom. The van der Waals surface area contributed by atoms with Gasteiger partial charge < -0.3 is 10.6 Å². The Balaban J connectivity index is 1.82. The molecular weight excluding hydrogens is 438 g/mol. The van der Waals surface area contributed by atoms with E-state index in [0.717, 1.165) is 11.1 Å². The molecule has 3 amide bonds. The maximum atomic E-state index is 13.6. The Labute approximate surface area is 196 Å². The first kappa shape index (κ1) is 22.3. The Kier molecular flexibility index (Phi) is 6.03. The van der Waals surface area contributed by atoms with Gasteiger partial charge in [0.05, 0.1) is 11.3 Å². The molecular formula is C26H22ClN3O3. The number of aryl methyl sites for hydroxylation is 2. The molecule has 0 atom stereocenters. The summed E-state index contributed by atoms with van der Waals surface area (Å²) >= 11 is 6.08. The molecule has 2 N–H and O–H groups in total. The predicted octanol–water partition coefficient (Wildman–Crippen LogP) is 5.31. The fraction of sp³-hybridized carbons (Fsp3) is 0.115. The average Bonchev–Trinajstić information content (AvgIpc) is 3.00. The van der Waals surface area contributed by atoms with E-state index >= 15 is 0 Å². The topological polar surface area (TPSA) is 78.5 Å². The molecule has 0 saturated heterocycles. The number of nitrogens with zero attached hydrogens (tertiary/aromatic N) is 1. The first-order valence-electron chi connectivity index (χ1n) is 10.4. The molecule has 0 bridgehead atoms.